The predicted octanol–water partition coefficient (Wildman–Crippen LogP) is 3.96. The van der Waals surface area contributed by atoms with Gasteiger partial charge in [-0.1, -0.05) is 12.1 Å². The second-order valence-electron chi connectivity index (χ2n) is 9.30. The number of methoxy groups -OCH3 is 2. The number of benzene rings is 3. The van der Waals surface area contributed by atoms with Crippen LogP contribution in [0.2, 0.25) is 0 Å². The molecule has 4 rings (SSSR count). The summed E-state index contributed by atoms with van der Waals surface area (Å²) in [7, 11) is 3.23. The molecule has 0 spiro atoms. The maximum absolute atomic E-state index is 13.2. The number of rotatable bonds is 11. The molecule has 214 valence electrons. The van der Waals surface area contributed by atoms with Gasteiger partial charge in [-0.3, -0.25) is 19.7 Å². The van der Waals surface area contributed by atoms with Gasteiger partial charge in [0.2, 0.25) is 5.91 Å². The molecule has 0 radical (unpaired) electrons. The van der Waals surface area contributed by atoms with E-state index in [4.69, 9.17) is 9.47 Å². The molecule has 3 aromatic rings. The lowest BCUT2D eigenvalue weighted by molar-refractivity contribution is -0.384. The third-order valence-corrected chi connectivity index (χ3v) is 6.68. The van der Waals surface area contributed by atoms with E-state index in [1.807, 2.05) is 30.3 Å². The van der Waals surface area contributed by atoms with Crippen molar-refractivity contribution in [2.45, 2.75) is 0 Å². The van der Waals surface area contributed by atoms with Gasteiger partial charge in [0, 0.05) is 69.4 Å². The molecular weight excluding hydrogens is 526 g/mol. The monoisotopic (exact) mass is 559 g/mol. The fourth-order valence-corrected chi connectivity index (χ4v) is 4.58. The first kappa shape index (κ1) is 29.1. The van der Waals surface area contributed by atoms with E-state index in [1.54, 1.807) is 44.6 Å². The normalized spacial score (nSPS) is 13.2. The number of carbonyl (C=O) groups is 2. The Bertz CT molecular complexity index is 1400. The van der Waals surface area contributed by atoms with Gasteiger partial charge in [0.05, 0.1) is 29.9 Å². The number of carbonyl (C=O) groups excluding carboxylic acids is 2. The Morgan fingerprint density at radius 3 is 2.29 bits per heavy atom. The number of ether oxygens (including phenoxy) is 2. The number of piperazine rings is 1. The number of nitrogens with zero attached hydrogens (tertiary/aromatic N) is 3. The summed E-state index contributed by atoms with van der Waals surface area (Å²) < 4.78 is 10.6. The molecule has 1 heterocycles. The summed E-state index contributed by atoms with van der Waals surface area (Å²) in [4.78, 5) is 40.6. The highest BCUT2D eigenvalue weighted by Crippen LogP contribution is 2.31. The molecule has 1 aliphatic rings. The first-order valence-corrected chi connectivity index (χ1v) is 13.2. The molecule has 0 unspecified atom stereocenters. The number of para-hydroxylation sites is 2. The van der Waals surface area contributed by atoms with Gasteiger partial charge in [0.25, 0.3) is 11.6 Å². The highest BCUT2D eigenvalue weighted by molar-refractivity contribution is 6.05. The van der Waals surface area contributed by atoms with Crippen LogP contribution in [0.25, 0.3) is 6.08 Å². The molecule has 0 aromatic heterocycles. The average Bonchev–Trinajstić information content (AvgIpc) is 3.00. The van der Waals surface area contributed by atoms with Crippen LogP contribution >= 0.6 is 0 Å². The number of anilines is 3. The van der Waals surface area contributed by atoms with E-state index in [0.717, 1.165) is 30.2 Å². The van der Waals surface area contributed by atoms with Gasteiger partial charge in [-0.25, -0.2) is 0 Å². The van der Waals surface area contributed by atoms with Crippen LogP contribution in [0.3, 0.4) is 0 Å². The summed E-state index contributed by atoms with van der Waals surface area (Å²) in [6.07, 6.45) is 2.90. The van der Waals surface area contributed by atoms with Crippen LogP contribution in [0.15, 0.2) is 72.8 Å². The Hall–Kier alpha value is -4.90. The predicted molar refractivity (Wildman–Crippen MR) is 159 cm³/mol. The van der Waals surface area contributed by atoms with Crippen LogP contribution in [0.1, 0.15) is 15.9 Å². The molecule has 2 N–H and O–H groups in total. The highest BCUT2D eigenvalue weighted by Gasteiger charge is 2.23. The van der Waals surface area contributed by atoms with Gasteiger partial charge in [0.1, 0.15) is 5.75 Å². The Morgan fingerprint density at radius 2 is 1.63 bits per heavy atom. The number of nitro groups is 1. The van der Waals surface area contributed by atoms with Crippen molar-refractivity contribution < 1.29 is 24.0 Å². The number of hydrogen-bond acceptors (Lipinski definition) is 8. The maximum Gasteiger partial charge on any atom is 0.269 e. The Labute approximate surface area is 238 Å². The molecule has 1 fully saturated rings. The fourth-order valence-electron chi connectivity index (χ4n) is 4.58. The summed E-state index contributed by atoms with van der Waals surface area (Å²) in [5.41, 5.74) is 3.35. The largest absolute Gasteiger partial charge is 0.495 e. The summed E-state index contributed by atoms with van der Waals surface area (Å²) >= 11 is 0. The van der Waals surface area contributed by atoms with E-state index in [1.165, 1.54) is 18.2 Å². The van der Waals surface area contributed by atoms with Gasteiger partial charge in [-0.2, -0.15) is 0 Å². The van der Waals surface area contributed by atoms with E-state index in [-0.39, 0.29) is 11.6 Å². The van der Waals surface area contributed by atoms with Crippen molar-refractivity contribution in [3.05, 3.63) is 94.0 Å². The minimum atomic E-state index is -0.479. The summed E-state index contributed by atoms with van der Waals surface area (Å²) in [6.45, 7) is 3.61. The van der Waals surface area contributed by atoms with Crippen LogP contribution < -0.4 is 25.2 Å². The van der Waals surface area contributed by atoms with Crippen molar-refractivity contribution in [1.82, 2.24) is 5.32 Å². The number of nitrogens with one attached hydrogen (secondary N) is 2. The van der Waals surface area contributed by atoms with Gasteiger partial charge in [-0.15, -0.1) is 0 Å². The molecule has 11 heteroatoms. The third-order valence-electron chi connectivity index (χ3n) is 6.68. The standard InChI is InChI=1S/C30H33N5O6/c1-40-20-15-31-30(37)25-21-23(32-29(36)14-9-22-7-11-24(12-8-22)35(38)39)10-13-26(25)33-16-18-34(19-17-33)27-5-3-4-6-28(27)41-2/h3-14,21H,15-20H2,1-2H3,(H,31,37)(H,32,36)/b14-9+. The second kappa shape index (κ2) is 13.9. The molecule has 3 aromatic carbocycles. The van der Waals surface area contributed by atoms with E-state index in [9.17, 15) is 19.7 Å². The number of amides is 2. The van der Waals surface area contributed by atoms with E-state index in [2.05, 4.69) is 20.4 Å². The van der Waals surface area contributed by atoms with Gasteiger partial charge >= 0.3 is 0 Å². The molecule has 1 aliphatic heterocycles. The smallest absolute Gasteiger partial charge is 0.269 e. The Balaban J connectivity index is 1.48. The minimum absolute atomic E-state index is 0.0239. The molecule has 0 aliphatic carbocycles. The van der Waals surface area contributed by atoms with Gasteiger partial charge in [0.15, 0.2) is 0 Å². The van der Waals surface area contributed by atoms with Crippen LogP contribution in [-0.4, -0.2) is 70.3 Å². The maximum atomic E-state index is 13.2. The molecule has 0 saturated carbocycles. The SMILES string of the molecule is COCCNC(=O)c1cc(NC(=O)/C=C/c2ccc([N+](=O)[O-])cc2)ccc1N1CCN(c2ccccc2OC)CC1. The lowest BCUT2D eigenvalue weighted by atomic mass is 10.1. The first-order valence-electron chi connectivity index (χ1n) is 13.2. The summed E-state index contributed by atoms with van der Waals surface area (Å²) in [6, 6.07) is 19.1. The van der Waals surface area contributed by atoms with Crippen molar-refractivity contribution >= 4 is 40.6 Å². The zero-order chi connectivity index (χ0) is 29.2. The average molecular weight is 560 g/mol. The van der Waals surface area contributed by atoms with E-state index >= 15 is 0 Å². The van der Waals surface area contributed by atoms with Gasteiger partial charge < -0.3 is 29.9 Å². The van der Waals surface area contributed by atoms with Crippen LogP contribution in [0, 0.1) is 10.1 Å². The van der Waals surface area contributed by atoms with E-state index < -0.39 is 10.8 Å². The second-order valence-corrected chi connectivity index (χ2v) is 9.30. The van der Waals surface area contributed by atoms with Crippen molar-refractivity contribution in [2.24, 2.45) is 0 Å². The Morgan fingerprint density at radius 1 is 0.951 bits per heavy atom. The Kier molecular flexibility index (Phi) is 9.89. The zero-order valence-corrected chi connectivity index (χ0v) is 23.0. The molecule has 1 saturated heterocycles. The topological polar surface area (TPSA) is 126 Å². The van der Waals surface area contributed by atoms with Crippen molar-refractivity contribution in [3.63, 3.8) is 0 Å². The minimum Gasteiger partial charge on any atom is -0.495 e. The lowest BCUT2D eigenvalue weighted by Crippen LogP contribution is -2.47. The molecule has 0 atom stereocenters. The quantitative estimate of drug-likeness (QED) is 0.157. The molecule has 0 bridgehead atoms. The molecule has 11 nitrogen and oxygen atoms in total. The fraction of sp³-hybridized carbons (Fsp3) is 0.267. The summed E-state index contributed by atoms with van der Waals surface area (Å²) in [5.74, 6) is 0.163. The van der Waals surface area contributed by atoms with Crippen molar-refractivity contribution in [2.75, 3.05) is 68.7 Å². The van der Waals surface area contributed by atoms with Crippen LogP contribution in [-0.2, 0) is 9.53 Å². The number of nitro benzene ring substituents is 1. The van der Waals surface area contributed by atoms with Crippen LogP contribution in [0.5, 0.6) is 5.75 Å². The highest BCUT2D eigenvalue weighted by atomic mass is 16.6. The van der Waals surface area contributed by atoms with Crippen molar-refractivity contribution in [1.29, 1.82) is 0 Å². The lowest BCUT2D eigenvalue weighted by Gasteiger charge is -2.38. The first-order chi connectivity index (χ1) is 19.9. The molecule has 41 heavy (non-hydrogen) atoms. The van der Waals surface area contributed by atoms with Crippen molar-refractivity contribution in [3.8, 4) is 5.75 Å². The number of hydrogen-bond donors (Lipinski definition) is 2. The molecule has 2 amide bonds. The summed E-state index contributed by atoms with van der Waals surface area (Å²) in [5, 5.41) is 16.5. The zero-order valence-electron chi connectivity index (χ0n) is 23.0. The third kappa shape index (κ3) is 7.61. The van der Waals surface area contributed by atoms with Gasteiger partial charge in [-0.05, 0) is 54.1 Å². The number of non-ortho nitro benzene ring substituents is 1. The van der Waals surface area contributed by atoms with Crippen LogP contribution in [0.4, 0.5) is 22.7 Å². The van der Waals surface area contributed by atoms with E-state index in [0.29, 0.717) is 43.1 Å². The molecular formula is C30H33N5O6.